The van der Waals surface area contributed by atoms with Gasteiger partial charge in [-0.3, -0.25) is 19.8 Å². The smallest absolute Gasteiger partial charge is 0.412 e. The lowest BCUT2D eigenvalue weighted by atomic mass is 9.99. The molecule has 4 N–H and O–H groups in total. The summed E-state index contributed by atoms with van der Waals surface area (Å²) in [4.78, 5) is 38.7. The van der Waals surface area contributed by atoms with Crippen LogP contribution < -0.4 is 5.32 Å². The Morgan fingerprint density at radius 3 is 2.41 bits per heavy atom. The summed E-state index contributed by atoms with van der Waals surface area (Å²) in [5.74, 6) is -1.02. The first-order valence-electron chi connectivity index (χ1n) is 14.6. The third-order valence-corrected chi connectivity index (χ3v) is 7.73. The zero-order chi connectivity index (χ0) is 28.4. The van der Waals surface area contributed by atoms with Crippen molar-refractivity contribution in [3.8, 4) is 0 Å². The van der Waals surface area contributed by atoms with Crippen LogP contribution in [0.15, 0.2) is 11.8 Å². The molecule has 3 aliphatic rings. The summed E-state index contributed by atoms with van der Waals surface area (Å²) in [7, 11) is 0. The van der Waals surface area contributed by atoms with E-state index in [2.05, 4.69) is 12.2 Å². The molecule has 7 atom stereocenters. The van der Waals surface area contributed by atoms with Gasteiger partial charge in [0, 0.05) is 12.6 Å². The quantitative estimate of drug-likeness (QED) is 0.177. The normalized spacial score (nSPS) is 30.3. The number of fused-ring (bicyclic) bond motifs is 1. The van der Waals surface area contributed by atoms with Gasteiger partial charge in [-0.1, -0.05) is 64.7 Å². The molecule has 3 rings (SSSR count). The van der Waals surface area contributed by atoms with Gasteiger partial charge in [-0.25, -0.2) is 4.79 Å². The number of rotatable bonds is 15. The summed E-state index contributed by atoms with van der Waals surface area (Å²) >= 11 is 0. The standard InChI is InChI=1S/C28H46N2O9/c1-3-4-5-6-7-8-9-10-11-13-19(38-27-26(35)25(34)24(33)18(2)37-27)16-22(31)29-23(32)17-21-20-14-12-15-30(20)28(36)39-21/h17-20,24-27,33-35H,3-16H2,1-2H3,(H,29,31,32)/b21-17+/t18-,19-,20+,24-,25+,26+,27-/m0/s1. The number of amides is 3. The number of nitrogens with one attached hydrogen (secondary N) is 1. The first-order valence-corrected chi connectivity index (χ1v) is 14.6. The van der Waals surface area contributed by atoms with E-state index in [0.717, 1.165) is 38.2 Å². The predicted molar refractivity (Wildman–Crippen MR) is 141 cm³/mol. The minimum Gasteiger partial charge on any atom is -0.412 e. The van der Waals surface area contributed by atoms with Crippen LogP contribution in [0, 0.1) is 0 Å². The number of ether oxygens (including phenoxy) is 3. The molecule has 0 radical (unpaired) electrons. The highest BCUT2D eigenvalue weighted by molar-refractivity contribution is 6.01. The van der Waals surface area contributed by atoms with Crippen molar-refractivity contribution < 1.29 is 43.9 Å². The highest BCUT2D eigenvalue weighted by atomic mass is 16.7. The molecular formula is C28H46N2O9. The zero-order valence-corrected chi connectivity index (χ0v) is 23.3. The fraction of sp³-hybridized carbons (Fsp3) is 0.821. The van der Waals surface area contributed by atoms with Crippen LogP contribution in [0.3, 0.4) is 0 Å². The number of aliphatic hydroxyl groups excluding tert-OH is 3. The largest absolute Gasteiger partial charge is 0.415 e. The minimum atomic E-state index is -1.48. The van der Waals surface area contributed by atoms with Crippen LogP contribution in [0.4, 0.5) is 4.79 Å². The molecule has 0 aliphatic carbocycles. The maximum absolute atomic E-state index is 12.7. The maximum Gasteiger partial charge on any atom is 0.415 e. The molecule has 0 saturated carbocycles. The van der Waals surface area contributed by atoms with E-state index >= 15 is 0 Å². The molecule has 0 spiro atoms. The van der Waals surface area contributed by atoms with E-state index in [1.54, 1.807) is 11.8 Å². The molecule has 3 saturated heterocycles. The van der Waals surface area contributed by atoms with Gasteiger partial charge in [0.1, 0.15) is 24.1 Å². The Balaban J connectivity index is 1.51. The minimum absolute atomic E-state index is 0.166. The molecule has 11 nitrogen and oxygen atoms in total. The first kappa shape index (κ1) is 31.5. The molecule has 39 heavy (non-hydrogen) atoms. The molecule has 3 amide bonds. The Morgan fingerprint density at radius 2 is 1.72 bits per heavy atom. The zero-order valence-electron chi connectivity index (χ0n) is 23.3. The summed E-state index contributed by atoms with van der Waals surface area (Å²) in [6, 6.07) is -0.269. The van der Waals surface area contributed by atoms with E-state index in [1.807, 2.05) is 0 Å². The third-order valence-electron chi connectivity index (χ3n) is 7.73. The van der Waals surface area contributed by atoms with Gasteiger partial charge >= 0.3 is 6.09 Å². The average molecular weight is 555 g/mol. The molecule has 0 aromatic carbocycles. The number of aliphatic hydroxyl groups is 3. The van der Waals surface area contributed by atoms with Gasteiger partial charge in [0.2, 0.25) is 5.91 Å². The Morgan fingerprint density at radius 1 is 1.05 bits per heavy atom. The van der Waals surface area contributed by atoms with E-state index in [1.165, 1.54) is 32.1 Å². The first-order chi connectivity index (χ1) is 18.7. The van der Waals surface area contributed by atoms with Gasteiger partial charge in [-0.15, -0.1) is 0 Å². The van der Waals surface area contributed by atoms with Crippen LogP contribution in [0.2, 0.25) is 0 Å². The summed E-state index contributed by atoms with van der Waals surface area (Å²) in [6.45, 7) is 4.34. The summed E-state index contributed by atoms with van der Waals surface area (Å²) in [6.07, 6.45) is 5.81. The van der Waals surface area contributed by atoms with Crippen molar-refractivity contribution in [1.82, 2.24) is 10.2 Å². The number of unbranched alkanes of at least 4 members (excludes halogenated alkanes) is 8. The molecule has 0 bridgehead atoms. The molecular weight excluding hydrogens is 508 g/mol. The Kier molecular flexibility index (Phi) is 12.6. The molecule has 11 heteroatoms. The fourth-order valence-corrected chi connectivity index (χ4v) is 5.41. The van der Waals surface area contributed by atoms with E-state index in [4.69, 9.17) is 14.2 Å². The van der Waals surface area contributed by atoms with Gasteiger partial charge < -0.3 is 29.5 Å². The molecule has 3 fully saturated rings. The van der Waals surface area contributed by atoms with Gasteiger partial charge in [0.25, 0.3) is 5.91 Å². The molecule has 0 unspecified atom stereocenters. The van der Waals surface area contributed by atoms with Crippen LogP contribution in [0.5, 0.6) is 0 Å². The van der Waals surface area contributed by atoms with Crippen molar-refractivity contribution in [3.63, 3.8) is 0 Å². The molecule has 222 valence electrons. The van der Waals surface area contributed by atoms with Crippen LogP contribution >= 0.6 is 0 Å². The fourth-order valence-electron chi connectivity index (χ4n) is 5.41. The van der Waals surface area contributed by atoms with Crippen molar-refractivity contribution in [2.24, 2.45) is 0 Å². The van der Waals surface area contributed by atoms with Gasteiger partial charge in [-0.05, 0) is 26.2 Å². The Labute approximate surface area is 230 Å². The number of cyclic esters (lactones) is 1. The van der Waals surface area contributed by atoms with Crippen LogP contribution in [-0.4, -0.2) is 87.5 Å². The predicted octanol–water partition coefficient (Wildman–Crippen LogP) is 2.65. The number of carbonyl (C=O) groups is 3. The highest BCUT2D eigenvalue weighted by Gasteiger charge is 2.44. The molecule has 0 aromatic rings. The van der Waals surface area contributed by atoms with E-state index in [9.17, 15) is 29.7 Å². The number of hydrogen-bond acceptors (Lipinski definition) is 9. The second kappa shape index (κ2) is 15.7. The van der Waals surface area contributed by atoms with Crippen LogP contribution in [0.1, 0.15) is 97.3 Å². The van der Waals surface area contributed by atoms with Crippen molar-refractivity contribution in [2.45, 2.75) is 140 Å². The van der Waals surface area contributed by atoms with E-state index < -0.39 is 54.7 Å². The summed E-state index contributed by atoms with van der Waals surface area (Å²) in [5, 5.41) is 32.8. The number of carbonyl (C=O) groups excluding carboxylic acids is 3. The van der Waals surface area contributed by atoms with E-state index in [-0.39, 0.29) is 18.2 Å². The van der Waals surface area contributed by atoms with Crippen molar-refractivity contribution in [2.75, 3.05) is 6.54 Å². The highest BCUT2D eigenvalue weighted by Crippen LogP contribution is 2.31. The Hall–Kier alpha value is -2.05. The second-order valence-corrected chi connectivity index (χ2v) is 10.9. The SMILES string of the molecule is CCCCCCCCCCC[C@@H](CC(=O)NC(=O)/C=C1/OC(=O)N2CCC[C@H]12)O[C@@H]1O[C@@H](C)[C@H](O)[C@@H](O)[C@H]1O. The maximum atomic E-state index is 12.7. The van der Waals surface area contributed by atoms with Crippen LogP contribution in [-0.2, 0) is 23.8 Å². The third kappa shape index (κ3) is 9.24. The van der Waals surface area contributed by atoms with Crippen molar-refractivity contribution in [3.05, 3.63) is 11.8 Å². The lowest BCUT2D eigenvalue weighted by Crippen LogP contribution is -2.58. The number of hydrogen-bond donors (Lipinski definition) is 4. The van der Waals surface area contributed by atoms with Crippen molar-refractivity contribution >= 4 is 17.9 Å². The second-order valence-electron chi connectivity index (χ2n) is 10.9. The molecule has 3 heterocycles. The van der Waals surface area contributed by atoms with Gasteiger partial charge in [0.05, 0.1) is 24.7 Å². The lowest BCUT2D eigenvalue weighted by Gasteiger charge is -2.40. The summed E-state index contributed by atoms with van der Waals surface area (Å²) in [5.41, 5.74) is 0. The average Bonchev–Trinajstić information content (AvgIpc) is 3.49. The Bertz CT molecular complexity index is 851. The van der Waals surface area contributed by atoms with Gasteiger partial charge in [0.15, 0.2) is 6.29 Å². The van der Waals surface area contributed by atoms with Crippen LogP contribution in [0.25, 0.3) is 0 Å². The van der Waals surface area contributed by atoms with Gasteiger partial charge in [-0.2, -0.15) is 0 Å². The monoisotopic (exact) mass is 554 g/mol. The topological polar surface area (TPSA) is 155 Å². The summed E-state index contributed by atoms with van der Waals surface area (Å²) < 4.78 is 16.7. The van der Waals surface area contributed by atoms with Crippen molar-refractivity contribution in [1.29, 1.82) is 0 Å². The lowest BCUT2D eigenvalue weighted by molar-refractivity contribution is -0.304. The van der Waals surface area contributed by atoms with E-state index in [0.29, 0.717) is 19.4 Å². The molecule has 3 aliphatic heterocycles. The number of imide groups is 1. The number of nitrogens with zero attached hydrogens (tertiary/aromatic N) is 1. The molecule has 0 aromatic heterocycles.